The molecule has 2 N–H and O–H groups in total. The Kier molecular flexibility index (Phi) is 2.64. The number of piperazine rings is 1. The number of carbonyl (C=O) groups excluding carboxylic acids is 1. The van der Waals surface area contributed by atoms with Crippen LogP contribution in [0.5, 0.6) is 0 Å². The van der Waals surface area contributed by atoms with Crippen LogP contribution >= 0.6 is 0 Å². The second-order valence-electron chi connectivity index (χ2n) is 4.83. The van der Waals surface area contributed by atoms with E-state index in [-0.39, 0.29) is 0 Å². The van der Waals surface area contributed by atoms with Crippen LogP contribution in [0.3, 0.4) is 0 Å². The summed E-state index contributed by atoms with van der Waals surface area (Å²) in [5, 5.41) is 3.49. The third kappa shape index (κ3) is 1.96. The average Bonchev–Trinajstić information content (AvgIpc) is 2.35. The highest BCUT2D eigenvalue weighted by atomic mass is 16.1. The summed E-state index contributed by atoms with van der Waals surface area (Å²) < 4.78 is 0. The minimum Gasteiger partial charge on any atom is -0.347 e. The van der Waals surface area contributed by atoms with Crippen LogP contribution in [-0.4, -0.2) is 48.1 Å². The average molecular weight is 233 g/mol. The third-order valence-corrected chi connectivity index (χ3v) is 3.71. The first-order valence-corrected chi connectivity index (χ1v) is 6.14. The van der Waals surface area contributed by atoms with Gasteiger partial charge in [-0.1, -0.05) is 6.08 Å². The highest BCUT2D eigenvalue weighted by Gasteiger charge is 2.32. The van der Waals surface area contributed by atoms with E-state index in [4.69, 9.17) is 5.73 Å². The summed E-state index contributed by atoms with van der Waals surface area (Å²) >= 11 is 0. The molecule has 2 fully saturated rings. The van der Waals surface area contributed by atoms with E-state index >= 15 is 0 Å². The predicted molar refractivity (Wildman–Crippen MR) is 63.6 cm³/mol. The van der Waals surface area contributed by atoms with E-state index in [1.54, 1.807) is 0 Å². The number of rotatable bonds is 1. The fourth-order valence-corrected chi connectivity index (χ4v) is 2.74. The van der Waals surface area contributed by atoms with E-state index in [0.717, 1.165) is 26.2 Å². The molecule has 1 amide bonds. The van der Waals surface area contributed by atoms with Crippen molar-refractivity contribution in [1.29, 1.82) is 0 Å². The standard InChI is InChI=1S/C12H17N4O/c13-12(17)9-2-3-10-7-15-5-1-4-14-11(15)8-16(10)6-9/h3,6,11,13-14H,1-2,4-5,7-8H2. The van der Waals surface area contributed by atoms with E-state index in [2.05, 4.69) is 21.2 Å². The number of hydrogen-bond acceptors (Lipinski definition) is 4. The van der Waals surface area contributed by atoms with Gasteiger partial charge in [0.25, 0.3) is 5.91 Å². The number of amides is 1. The summed E-state index contributed by atoms with van der Waals surface area (Å²) in [6.45, 7) is 4.05. The van der Waals surface area contributed by atoms with Gasteiger partial charge in [-0.3, -0.25) is 15.4 Å². The largest absolute Gasteiger partial charge is 0.347 e. The van der Waals surface area contributed by atoms with Gasteiger partial charge in [0.15, 0.2) is 0 Å². The van der Waals surface area contributed by atoms with E-state index < -0.39 is 5.91 Å². The Bertz CT molecular complexity index is 401. The van der Waals surface area contributed by atoms with Crippen LogP contribution in [0.2, 0.25) is 0 Å². The lowest BCUT2D eigenvalue weighted by Gasteiger charge is -2.46. The topological polar surface area (TPSA) is 59.4 Å². The van der Waals surface area contributed by atoms with Gasteiger partial charge in [-0.25, -0.2) is 0 Å². The van der Waals surface area contributed by atoms with Crippen molar-refractivity contribution >= 4 is 5.91 Å². The van der Waals surface area contributed by atoms with Gasteiger partial charge in [-0.15, -0.1) is 0 Å². The first-order valence-electron chi connectivity index (χ1n) is 6.14. The van der Waals surface area contributed by atoms with Gasteiger partial charge >= 0.3 is 0 Å². The maximum Gasteiger partial charge on any atom is 0.267 e. The number of allylic oxidation sites excluding steroid dienone is 1. The zero-order chi connectivity index (χ0) is 11.8. The summed E-state index contributed by atoms with van der Waals surface area (Å²) in [5.41, 5.74) is 9.04. The minimum absolute atomic E-state index is 0.386. The van der Waals surface area contributed by atoms with Crippen molar-refractivity contribution in [2.75, 3.05) is 26.2 Å². The lowest BCUT2D eigenvalue weighted by atomic mass is 10.0. The van der Waals surface area contributed by atoms with Gasteiger partial charge < -0.3 is 10.2 Å². The van der Waals surface area contributed by atoms with Crippen molar-refractivity contribution in [3.63, 3.8) is 0 Å². The Balaban J connectivity index is 1.78. The van der Waals surface area contributed by atoms with E-state index in [1.807, 2.05) is 6.20 Å². The van der Waals surface area contributed by atoms with Crippen LogP contribution in [0, 0.1) is 0 Å². The highest BCUT2D eigenvalue weighted by molar-refractivity contribution is 5.91. The molecule has 3 aliphatic rings. The molecule has 0 aromatic rings. The van der Waals surface area contributed by atoms with Crippen LogP contribution < -0.4 is 11.1 Å². The number of hydrogen-bond donors (Lipinski definition) is 1. The normalized spacial score (nSPS) is 28.9. The van der Waals surface area contributed by atoms with Crippen molar-refractivity contribution in [1.82, 2.24) is 20.9 Å². The van der Waals surface area contributed by atoms with Crippen molar-refractivity contribution < 1.29 is 4.79 Å². The summed E-state index contributed by atoms with van der Waals surface area (Å²) in [7, 11) is 0. The molecule has 1 unspecified atom stereocenters. The molecular formula is C12H17N4O. The number of fused-ring (bicyclic) bond motifs is 2. The van der Waals surface area contributed by atoms with Gasteiger partial charge in [0.1, 0.15) is 0 Å². The van der Waals surface area contributed by atoms with Crippen molar-refractivity contribution in [2.45, 2.75) is 19.0 Å². The van der Waals surface area contributed by atoms with Crippen molar-refractivity contribution in [3.05, 3.63) is 23.5 Å². The van der Waals surface area contributed by atoms with Crippen LogP contribution in [0.1, 0.15) is 12.8 Å². The molecule has 0 saturated carbocycles. The molecule has 91 valence electrons. The molecule has 0 aromatic carbocycles. The van der Waals surface area contributed by atoms with Crippen LogP contribution in [0.15, 0.2) is 23.5 Å². The Morgan fingerprint density at radius 1 is 1.53 bits per heavy atom. The first kappa shape index (κ1) is 10.8. The van der Waals surface area contributed by atoms with Crippen molar-refractivity contribution in [3.8, 4) is 0 Å². The molecular weight excluding hydrogens is 216 g/mol. The quantitative estimate of drug-likeness (QED) is 0.687. The second kappa shape index (κ2) is 4.16. The molecule has 0 aliphatic carbocycles. The molecule has 2 saturated heterocycles. The van der Waals surface area contributed by atoms with E-state index in [0.29, 0.717) is 18.2 Å². The molecule has 1 atom stereocenters. The molecule has 5 nitrogen and oxygen atoms in total. The molecule has 0 aromatic heterocycles. The van der Waals surface area contributed by atoms with Gasteiger partial charge in [0.2, 0.25) is 0 Å². The molecule has 17 heavy (non-hydrogen) atoms. The Hall–Kier alpha value is -1.33. The maximum absolute atomic E-state index is 11.1. The second-order valence-corrected chi connectivity index (χ2v) is 4.83. The van der Waals surface area contributed by atoms with Crippen LogP contribution in [-0.2, 0) is 4.79 Å². The molecule has 0 bridgehead atoms. The predicted octanol–water partition coefficient (Wildman–Crippen LogP) is -0.0956. The van der Waals surface area contributed by atoms with Gasteiger partial charge in [-0.05, 0) is 19.4 Å². The molecule has 3 rings (SSSR count). The Morgan fingerprint density at radius 3 is 3.24 bits per heavy atom. The summed E-state index contributed by atoms with van der Waals surface area (Å²) in [5.74, 6) is -0.556. The van der Waals surface area contributed by atoms with E-state index in [9.17, 15) is 4.79 Å². The molecule has 5 heteroatoms. The fourth-order valence-electron chi connectivity index (χ4n) is 2.74. The Morgan fingerprint density at radius 2 is 2.41 bits per heavy atom. The third-order valence-electron chi connectivity index (χ3n) is 3.71. The highest BCUT2D eigenvalue weighted by Crippen LogP contribution is 2.25. The number of carbonyl (C=O) groups is 1. The zero-order valence-corrected chi connectivity index (χ0v) is 9.78. The molecule has 0 spiro atoms. The SMILES string of the molecule is [NH]C(=O)C1=CN2CC3NCCCN3CC2=CC1. The fraction of sp³-hybridized carbons (Fsp3) is 0.583. The smallest absolute Gasteiger partial charge is 0.267 e. The van der Waals surface area contributed by atoms with Crippen molar-refractivity contribution in [2.24, 2.45) is 0 Å². The minimum atomic E-state index is -0.556. The van der Waals surface area contributed by atoms with E-state index in [1.165, 1.54) is 12.1 Å². The monoisotopic (exact) mass is 233 g/mol. The maximum atomic E-state index is 11.1. The summed E-state index contributed by atoms with van der Waals surface area (Å²) in [6.07, 6.45) is 6.15. The Labute approximate surface area is 101 Å². The van der Waals surface area contributed by atoms with Gasteiger partial charge in [0.05, 0.1) is 12.7 Å². The number of nitrogens with zero attached hydrogens (tertiary/aromatic N) is 2. The lowest BCUT2D eigenvalue weighted by molar-refractivity contribution is -0.115. The lowest BCUT2D eigenvalue weighted by Crippen LogP contribution is -2.60. The number of nitrogens with one attached hydrogen (secondary N) is 2. The van der Waals surface area contributed by atoms with Gasteiger partial charge in [0, 0.05) is 30.6 Å². The zero-order valence-electron chi connectivity index (χ0n) is 9.78. The van der Waals surface area contributed by atoms with Crippen LogP contribution in [0.25, 0.3) is 0 Å². The molecule has 3 aliphatic heterocycles. The summed E-state index contributed by atoms with van der Waals surface area (Å²) in [6, 6.07) is 0. The molecule has 1 radical (unpaired) electrons. The summed E-state index contributed by atoms with van der Waals surface area (Å²) in [4.78, 5) is 15.7. The molecule has 3 heterocycles. The van der Waals surface area contributed by atoms with Gasteiger partial charge in [-0.2, -0.15) is 0 Å². The van der Waals surface area contributed by atoms with Crippen LogP contribution in [0.4, 0.5) is 0 Å². The first-order chi connectivity index (χ1) is 8.24.